The molecule has 140 valence electrons. The molecule has 0 aliphatic carbocycles. The molecule has 0 spiro atoms. The van der Waals surface area contributed by atoms with Crippen molar-refractivity contribution < 1.29 is 108 Å². The molecule has 3 nitrogen and oxygen atoms in total. The average Bonchev–Trinajstić information content (AvgIpc) is 2.47. The summed E-state index contributed by atoms with van der Waals surface area (Å²) in [6, 6.07) is 0. The minimum Gasteiger partial charge on any atom is -0.746 e. The van der Waals surface area contributed by atoms with E-state index in [1.165, 1.54) is 0 Å². The van der Waals surface area contributed by atoms with Crippen LogP contribution >= 0.6 is 0 Å². The van der Waals surface area contributed by atoms with E-state index >= 15 is 0 Å². The molecule has 0 heterocycles. The van der Waals surface area contributed by atoms with E-state index < -0.39 is 65.2 Å². The molecule has 15 heteroatoms. The quantitative estimate of drug-likeness (QED) is 0.283. The molecule has 0 aromatic heterocycles. The SMILES string of the molecule is O=S(=O)([O-])C(F)C(F)C(F)C(F)C(F)C(F)C(F)C(F)C(F)F.[K+]. The topological polar surface area (TPSA) is 57.2 Å². The number of hydrogen-bond donors (Lipinski definition) is 0. The van der Waals surface area contributed by atoms with Crippen LogP contribution < -0.4 is 51.4 Å². The molecule has 8 atom stereocenters. The van der Waals surface area contributed by atoms with Crippen molar-refractivity contribution >= 4 is 10.1 Å². The summed E-state index contributed by atoms with van der Waals surface area (Å²) in [5.41, 5.74) is -4.18. The molecule has 0 aliphatic heterocycles. The van der Waals surface area contributed by atoms with E-state index in [9.17, 15) is 56.9 Å². The zero-order valence-corrected chi connectivity index (χ0v) is 15.5. The Kier molecular flexibility index (Phi) is 12.3. The van der Waals surface area contributed by atoms with Crippen molar-refractivity contribution in [3.63, 3.8) is 0 Å². The third-order valence-electron chi connectivity index (χ3n) is 2.59. The number of halogens is 10. The van der Waals surface area contributed by atoms with Gasteiger partial charge >= 0.3 is 51.4 Å². The molecule has 0 aromatic carbocycles. The monoisotopic (exact) mass is 426 g/mol. The Labute approximate surface area is 172 Å². The predicted octanol–water partition coefficient (Wildman–Crippen LogP) is -0.537. The van der Waals surface area contributed by atoms with E-state index in [1.807, 2.05) is 0 Å². The normalized spacial score (nSPS) is 22.7. The van der Waals surface area contributed by atoms with E-state index in [1.54, 1.807) is 0 Å². The zero-order chi connectivity index (χ0) is 18.7. The van der Waals surface area contributed by atoms with Gasteiger partial charge in [-0.1, -0.05) is 0 Å². The van der Waals surface area contributed by atoms with E-state index in [4.69, 9.17) is 0 Å². The molecule has 0 rings (SSSR count). The largest absolute Gasteiger partial charge is 1.00 e. The molecular formula is C9H9F10KO3S. The van der Waals surface area contributed by atoms with Gasteiger partial charge in [0.25, 0.3) is 6.43 Å². The van der Waals surface area contributed by atoms with Gasteiger partial charge in [-0.25, -0.2) is 52.3 Å². The van der Waals surface area contributed by atoms with Crippen molar-refractivity contribution in [2.45, 2.75) is 55.1 Å². The van der Waals surface area contributed by atoms with Crippen LogP contribution in [0, 0.1) is 0 Å². The summed E-state index contributed by atoms with van der Waals surface area (Å²) in [7, 11) is -6.12. The van der Waals surface area contributed by atoms with Gasteiger partial charge in [-0.3, -0.25) is 0 Å². The number of rotatable bonds is 9. The molecule has 0 fully saturated rings. The van der Waals surface area contributed by atoms with Crippen molar-refractivity contribution in [1.29, 1.82) is 0 Å². The van der Waals surface area contributed by atoms with Gasteiger partial charge in [0.1, 0.15) is 10.1 Å². The first-order valence-corrected chi connectivity index (χ1v) is 7.06. The first-order valence-electron chi connectivity index (χ1n) is 5.58. The van der Waals surface area contributed by atoms with Crippen LogP contribution in [0.15, 0.2) is 0 Å². The third-order valence-corrected chi connectivity index (χ3v) is 3.40. The van der Waals surface area contributed by atoms with Crippen molar-refractivity contribution in [1.82, 2.24) is 0 Å². The van der Waals surface area contributed by atoms with E-state index in [0.717, 1.165) is 0 Å². The third kappa shape index (κ3) is 7.23. The molecule has 0 N–H and O–H groups in total. The summed E-state index contributed by atoms with van der Waals surface area (Å²) < 4.78 is 157. The van der Waals surface area contributed by atoms with Gasteiger partial charge in [0.2, 0.25) is 5.50 Å². The Bertz CT molecular complexity index is 468. The second-order valence-electron chi connectivity index (χ2n) is 4.29. The smallest absolute Gasteiger partial charge is 0.746 e. The minimum absolute atomic E-state index is 0. The fraction of sp³-hybridized carbons (Fsp3) is 1.00. The second kappa shape index (κ2) is 10.9. The molecule has 0 saturated heterocycles. The van der Waals surface area contributed by atoms with Gasteiger partial charge in [-0.05, 0) is 0 Å². The molecule has 8 unspecified atom stereocenters. The summed E-state index contributed by atoms with van der Waals surface area (Å²) in [4.78, 5) is 0. The molecule has 0 saturated carbocycles. The molecule has 24 heavy (non-hydrogen) atoms. The van der Waals surface area contributed by atoms with E-state index in [0.29, 0.717) is 0 Å². The van der Waals surface area contributed by atoms with Crippen LogP contribution in [-0.2, 0) is 10.1 Å². The van der Waals surface area contributed by atoms with Crippen molar-refractivity contribution in [2.75, 3.05) is 0 Å². The summed E-state index contributed by atoms with van der Waals surface area (Å²) >= 11 is 0. The second-order valence-corrected chi connectivity index (χ2v) is 5.73. The Morgan fingerprint density at radius 1 is 0.542 bits per heavy atom. The average molecular weight is 426 g/mol. The summed E-state index contributed by atoms with van der Waals surface area (Å²) in [5.74, 6) is 0. The summed E-state index contributed by atoms with van der Waals surface area (Å²) in [6.07, 6.45) is -32.4. The van der Waals surface area contributed by atoms with Crippen LogP contribution in [0.3, 0.4) is 0 Å². The molecule has 0 aromatic rings. The predicted molar refractivity (Wildman–Crippen MR) is 54.9 cm³/mol. The number of hydrogen-bond acceptors (Lipinski definition) is 3. The van der Waals surface area contributed by atoms with Gasteiger partial charge in [0.05, 0.1) is 0 Å². The molecule has 0 radical (unpaired) electrons. The Morgan fingerprint density at radius 2 is 0.792 bits per heavy atom. The molecular weight excluding hydrogens is 417 g/mol. The van der Waals surface area contributed by atoms with Crippen molar-refractivity contribution in [3.8, 4) is 0 Å². The van der Waals surface area contributed by atoms with Crippen molar-refractivity contribution in [2.24, 2.45) is 0 Å². The van der Waals surface area contributed by atoms with Crippen LogP contribution in [0.2, 0.25) is 0 Å². The Balaban J connectivity index is 0. The molecule has 0 aliphatic rings. The maximum absolute atomic E-state index is 13.1. The standard InChI is InChI=1S/C9H10F10O3S.K/c10-1(2(11)4(13)6(15)8(17)18)3(12)5(14)7(16)9(19)23(20,21)22;/h1-9H,(H,20,21,22);/q;+1/p-1. The van der Waals surface area contributed by atoms with Crippen LogP contribution in [0.4, 0.5) is 43.9 Å². The maximum Gasteiger partial charge on any atom is 1.00 e. The molecule has 0 bridgehead atoms. The first kappa shape index (κ1) is 27.1. The number of alkyl halides is 10. The van der Waals surface area contributed by atoms with Crippen LogP contribution in [-0.4, -0.2) is 68.1 Å². The van der Waals surface area contributed by atoms with Crippen LogP contribution in [0.25, 0.3) is 0 Å². The Morgan fingerprint density at radius 3 is 1.04 bits per heavy atom. The maximum atomic E-state index is 13.1. The van der Waals surface area contributed by atoms with Gasteiger partial charge < -0.3 is 4.55 Å². The van der Waals surface area contributed by atoms with Gasteiger partial charge in [-0.15, -0.1) is 0 Å². The van der Waals surface area contributed by atoms with E-state index in [-0.39, 0.29) is 51.4 Å². The van der Waals surface area contributed by atoms with Crippen LogP contribution in [0.1, 0.15) is 0 Å². The van der Waals surface area contributed by atoms with Gasteiger partial charge in [0, 0.05) is 0 Å². The van der Waals surface area contributed by atoms with Gasteiger partial charge in [-0.2, -0.15) is 0 Å². The summed E-state index contributed by atoms with van der Waals surface area (Å²) in [6.45, 7) is 0. The van der Waals surface area contributed by atoms with Crippen molar-refractivity contribution in [3.05, 3.63) is 0 Å². The Hall–Kier alpha value is 0.846. The van der Waals surface area contributed by atoms with Gasteiger partial charge in [0.15, 0.2) is 43.2 Å². The molecule has 0 amide bonds. The fourth-order valence-electron chi connectivity index (χ4n) is 1.32. The minimum atomic E-state index is -6.12. The fourth-order valence-corrected chi connectivity index (χ4v) is 1.79. The van der Waals surface area contributed by atoms with E-state index in [2.05, 4.69) is 0 Å². The zero-order valence-electron chi connectivity index (χ0n) is 11.6. The first-order chi connectivity index (χ1) is 10.2. The van der Waals surface area contributed by atoms with Crippen LogP contribution in [0.5, 0.6) is 0 Å². The summed E-state index contributed by atoms with van der Waals surface area (Å²) in [5, 5.41) is 0.